The van der Waals surface area contributed by atoms with E-state index in [0.29, 0.717) is 44.5 Å². The molecule has 41 heavy (non-hydrogen) atoms. The molecule has 3 heterocycles. The molecule has 8 nitrogen and oxygen atoms in total. The number of fused-ring (bicyclic) bond motifs is 1. The molecule has 0 saturated heterocycles. The van der Waals surface area contributed by atoms with E-state index in [1.165, 1.54) is 0 Å². The van der Waals surface area contributed by atoms with E-state index in [9.17, 15) is 14.9 Å². The summed E-state index contributed by atoms with van der Waals surface area (Å²) in [4.78, 5) is 35.8. The van der Waals surface area contributed by atoms with Gasteiger partial charge < -0.3 is 14.8 Å². The number of amides is 1. The standard InChI is InChI=1S/C32H29ClN6O2/c1-19-14-21(26(33)15-22(19)18-40)8-9-28-25(16-34)24(10-12-35-28)23-6-5-7-27(20(23)2)37-32(41)31-36-29-17-38(3)13-11-30(29)39(31)4/h5-10,12,14-15,18H,11,13,17H2,1-4H3,(H,37,41)/b9-8+. The van der Waals surface area contributed by atoms with Gasteiger partial charge in [-0.15, -0.1) is 0 Å². The van der Waals surface area contributed by atoms with E-state index in [2.05, 4.69) is 26.3 Å². The lowest BCUT2D eigenvalue weighted by atomic mass is 9.94. The summed E-state index contributed by atoms with van der Waals surface area (Å²) in [6.45, 7) is 5.40. The van der Waals surface area contributed by atoms with Gasteiger partial charge >= 0.3 is 0 Å². The molecule has 0 unspecified atom stereocenters. The Kier molecular flexibility index (Phi) is 7.84. The Balaban J connectivity index is 1.46. The number of nitrogens with zero attached hydrogens (tertiary/aromatic N) is 5. The van der Waals surface area contributed by atoms with Crippen molar-refractivity contribution in [1.29, 1.82) is 5.26 Å². The number of aldehydes is 1. The summed E-state index contributed by atoms with van der Waals surface area (Å²) in [5.41, 5.74) is 7.92. The molecule has 0 atom stereocenters. The van der Waals surface area contributed by atoms with Gasteiger partial charge in [0.15, 0.2) is 5.82 Å². The molecule has 4 aromatic rings. The normalized spacial score (nSPS) is 13.2. The van der Waals surface area contributed by atoms with E-state index in [-0.39, 0.29) is 5.91 Å². The van der Waals surface area contributed by atoms with Gasteiger partial charge in [-0.25, -0.2) is 4.98 Å². The van der Waals surface area contributed by atoms with Crippen LogP contribution in [0.4, 0.5) is 5.69 Å². The van der Waals surface area contributed by atoms with Crippen molar-refractivity contribution in [3.8, 4) is 17.2 Å². The molecule has 1 aliphatic rings. The summed E-state index contributed by atoms with van der Waals surface area (Å²) in [6.07, 6.45) is 6.80. The molecule has 5 rings (SSSR count). The van der Waals surface area contributed by atoms with Gasteiger partial charge in [0.2, 0.25) is 0 Å². The van der Waals surface area contributed by atoms with E-state index in [1.807, 2.05) is 56.8 Å². The van der Waals surface area contributed by atoms with E-state index < -0.39 is 0 Å². The van der Waals surface area contributed by atoms with Crippen molar-refractivity contribution < 1.29 is 9.59 Å². The highest BCUT2D eigenvalue weighted by Gasteiger charge is 2.24. The molecule has 0 radical (unpaired) electrons. The quantitative estimate of drug-likeness (QED) is 0.295. The van der Waals surface area contributed by atoms with Crippen LogP contribution in [0.15, 0.2) is 42.6 Å². The number of halogens is 1. The number of hydrogen-bond acceptors (Lipinski definition) is 6. The van der Waals surface area contributed by atoms with Gasteiger partial charge in [0.1, 0.15) is 12.4 Å². The predicted molar refractivity (Wildman–Crippen MR) is 161 cm³/mol. The van der Waals surface area contributed by atoms with Crippen molar-refractivity contribution in [3.05, 3.63) is 98.3 Å². The number of benzene rings is 2. The molecular weight excluding hydrogens is 536 g/mol. The Hall–Kier alpha value is -4.58. The lowest BCUT2D eigenvalue weighted by Gasteiger charge is -2.21. The molecule has 0 bridgehead atoms. The number of aromatic nitrogens is 3. The third-order valence-electron chi connectivity index (χ3n) is 7.55. The van der Waals surface area contributed by atoms with Crippen LogP contribution < -0.4 is 5.32 Å². The Morgan fingerprint density at radius 2 is 1.93 bits per heavy atom. The Bertz CT molecular complexity index is 1760. The summed E-state index contributed by atoms with van der Waals surface area (Å²) in [5, 5.41) is 13.6. The van der Waals surface area contributed by atoms with Gasteiger partial charge in [-0.1, -0.05) is 29.8 Å². The van der Waals surface area contributed by atoms with Crippen molar-refractivity contribution in [2.75, 3.05) is 18.9 Å². The van der Waals surface area contributed by atoms with Gasteiger partial charge in [-0.2, -0.15) is 5.26 Å². The first-order valence-electron chi connectivity index (χ1n) is 13.2. The third-order valence-corrected chi connectivity index (χ3v) is 7.87. The first-order chi connectivity index (χ1) is 19.7. The molecule has 9 heteroatoms. The average molecular weight is 565 g/mol. The maximum atomic E-state index is 13.3. The summed E-state index contributed by atoms with van der Waals surface area (Å²) in [7, 11) is 3.93. The molecule has 0 fully saturated rings. The number of carbonyl (C=O) groups excluding carboxylic acids is 2. The zero-order chi connectivity index (χ0) is 29.3. The summed E-state index contributed by atoms with van der Waals surface area (Å²) in [5.74, 6) is 0.0932. The van der Waals surface area contributed by atoms with Gasteiger partial charge in [0.25, 0.3) is 5.91 Å². The van der Waals surface area contributed by atoms with E-state index in [0.717, 1.165) is 53.9 Å². The SMILES string of the molecule is Cc1cc(/C=C/c2nccc(-c3cccc(NC(=O)c4nc5c(n4C)CCN(C)C5)c3C)c2C#N)c(Cl)cc1C=O. The Morgan fingerprint density at radius 3 is 2.68 bits per heavy atom. The van der Waals surface area contributed by atoms with Crippen molar-refractivity contribution in [2.45, 2.75) is 26.8 Å². The van der Waals surface area contributed by atoms with Crippen LogP contribution in [-0.2, 0) is 20.0 Å². The number of anilines is 1. The molecule has 1 aliphatic heterocycles. The fraction of sp³-hybridized carbons (Fsp3) is 0.219. The number of pyridine rings is 1. The molecule has 0 spiro atoms. The molecule has 0 saturated carbocycles. The Morgan fingerprint density at radius 1 is 1.12 bits per heavy atom. The van der Waals surface area contributed by atoms with Crippen LogP contribution in [0.3, 0.4) is 0 Å². The first-order valence-corrected chi connectivity index (χ1v) is 13.6. The second kappa shape index (κ2) is 11.5. The van der Waals surface area contributed by atoms with Gasteiger partial charge in [0.05, 0.1) is 17.0 Å². The van der Waals surface area contributed by atoms with Crippen LogP contribution in [0.1, 0.15) is 60.3 Å². The van der Waals surface area contributed by atoms with Gasteiger partial charge in [-0.05, 0) is 73.5 Å². The zero-order valence-corrected chi connectivity index (χ0v) is 24.1. The summed E-state index contributed by atoms with van der Waals surface area (Å²) < 4.78 is 1.88. The van der Waals surface area contributed by atoms with Crippen molar-refractivity contribution in [1.82, 2.24) is 19.4 Å². The molecule has 2 aromatic heterocycles. The number of likely N-dealkylation sites (N-methyl/N-ethyl adjacent to an activating group) is 1. The first kappa shape index (κ1) is 28.0. The summed E-state index contributed by atoms with van der Waals surface area (Å²) >= 11 is 6.38. The second-order valence-electron chi connectivity index (χ2n) is 10.2. The number of hydrogen-bond donors (Lipinski definition) is 1. The molecule has 1 amide bonds. The van der Waals surface area contributed by atoms with Crippen LogP contribution in [0.2, 0.25) is 5.02 Å². The van der Waals surface area contributed by atoms with Crippen molar-refractivity contribution in [3.63, 3.8) is 0 Å². The number of nitrogens with one attached hydrogen (secondary N) is 1. The fourth-order valence-electron chi connectivity index (χ4n) is 5.19. The molecule has 206 valence electrons. The smallest absolute Gasteiger partial charge is 0.291 e. The number of imidazole rings is 1. The number of carbonyl (C=O) groups is 2. The van der Waals surface area contributed by atoms with E-state index in [4.69, 9.17) is 11.6 Å². The summed E-state index contributed by atoms with van der Waals surface area (Å²) in [6, 6.07) is 13.2. The highest BCUT2D eigenvalue weighted by atomic mass is 35.5. The van der Waals surface area contributed by atoms with Crippen molar-refractivity contribution in [2.24, 2.45) is 7.05 Å². The second-order valence-corrected chi connectivity index (χ2v) is 10.6. The van der Waals surface area contributed by atoms with E-state index >= 15 is 0 Å². The van der Waals surface area contributed by atoms with Crippen molar-refractivity contribution >= 4 is 41.6 Å². The van der Waals surface area contributed by atoms with Crippen LogP contribution in [0.5, 0.6) is 0 Å². The zero-order valence-electron chi connectivity index (χ0n) is 23.3. The molecule has 2 aromatic carbocycles. The average Bonchev–Trinajstić information content (AvgIpc) is 3.29. The fourth-order valence-corrected chi connectivity index (χ4v) is 5.43. The van der Waals surface area contributed by atoms with E-state index in [1.54, 1.807) is 30.5 Å². The third kappa shape index (κ3) is 5.42. The largest absolute Gasteiger partial charge is 0.327 e. The topological polar surface area (TPSA) is 104 Å². The van der Waals surface area contributed by atoms with Gasteiger partial charge in [0, 0.05) is 60.3 Å². The monoisotopic (exact) mass is 564 g/mol. The minimum absolute atomic E-state index is 0.281. The molecular formula is C32H29ClN6O2. The number of rotatable bonds is 6. The van der Waals surface area contributed by atoms with Gasteiger partial charge in [-0.3, -0.25) is 14.6 Å². The number of aryl methyl sites for hydroxylation is 1. The van der Waals surface area contributed by atoms with Crippen LogP contribution >= 0.6 is 11.6 Å². The maximum absolute atomic E-state index is 13.3. The van der Waals surface area contributed by atoms with Crippen LogP contribution in [-0.4, -0.2) is 45.2 Å². The highest BCUT2D eigenvalue weighted by molar-refractivity contribution is 6.32. The van der Waals surface area contributed by atoms with Crippen LogP contribution in [0.25, 0.3) is 23.3 Å². The minimum atomic E-state index is -0.281. The lowest BCUT2D eigenvalue weighted by Crippen LogP contribution is -2.27. The highest BCUT2D eigenvalue weighted by Crippen LogP contribution is 2.33. The minimum Gasteiger partial charge on any atom is -0.327 e. The van der Waals surface area contributed by atoms with Crippen LogP contribution in [0, 0.1) is 25.2 Å². The maximum Gasteiger partial charge on any atom is 0.291 e. The molecule has 0 aliphatic carbocycles. The predicted octanol–water partition coefficient (Wildman–Crippen LogP) is 5.85. The lowest BCUT2D eigenvalue weighted by molar-refractivity contribution is 0.101. The Labute approximate surface area is 243 Å². The molecule has 1 N–H and O–H groups in total. The number of nitriles is 1.